The first-order valence-corrected chi connectivity index (χ1v) is 3.58. The van der Waals surface area contributed by atoms with Crippen LogP contribution in [-0.4, -0.2) is 32.7 Å². The fourth-order valence-corrected chi connectivity index (χ4v) is 0.696. The molecule has 0 fully saturated rings. The van der Waals surface area contributed by atoms with Crippen LogP contribution in [0.3, 0.4) is 0 Å². The van der Waals surface area contributed by atoms with Crippen molar-refractivity contribution in [2.75, 3.05) is 0 Å². The lowest BCUT2D eigenvalue weighted by Crippen LogP contribution is -2.13. The zero-order valence-corrected chi connectivity index (χ0v) is 6.98. The smallest absolute Gasteiger partial charge is 0.370 e. The van der Waals surface area contributed by atoms with Gasteiger partial charge in [0.2, 0.25) is 11.4 Å². The SMILES string of the molecule is O=C(OC(=O)c1conn1)c1conn1. The largest absolute Gasteiger partial charge is 0.383 e. The number of rotatable bonds is 2. The zero-order chi connectivity index (χ0) is 10.7. The first kappa shape index (κ1) is 8.99. The average molecular weight is 210 g/mol. The fraction of sp³-hybridized carbons (Fsp3) is 0. The van der Waals surface area contributed by atoms with Gasteiger partial charge in [0, 0.05) is 10.5 Å². The van der Waals surface area contributed by atoms with Gasteiger partial charge in [-0.2, -0.15) is 0 Å². The van der Waals surface area contributed by atoms with Gasteiger partial charge < -0.3 is 13.8 Å². The van der Waals surface area contributed by atoms with Crippen molar-refractivity contribution in [1.82, 2.24) is 20.7 Å². The summed E-state index contributed by atoms with van der Waals surface area (Å²) in [4.78, 5) is 22.3. The lowest BCUT2D eigenvalue weighted by atomic mass is 10.5. The van der Waals surface area contributed by atoms with Crippen LogP contribution in [0.2, 0.25) is 0 Å². The molecule has 0 aliphatic heterocycles. The summed E-state index contributed by atoms with van der Waals surface area (Å²) in [5, 5.41) is 12.6. The van der Waals surface area contributed by atoms with Gasteiger partial charge in [-0.3, -0.25) is 0 Å². The Balaban J connectivity index is 2.04. The summed E-state index contributed by atoms with van der Waals surface area (Å²) in [5.41, 5.74) is -0.445. The van der Waals surface area contributed by atoms with Gasteiger partial charge in [0.25, 0.3) is 0 Å². The highest BCUT2D eigenvalue weighted by atomic mass is 16.6. The van der Waals surface area contributed by atoms with E-state index in [4.69, 9.17) is 0 Å². The third-order valence-electron chi connectivity index (χ3n) is 1.32. The molecule has 0 N–H and O–H groups in total. The summed E-state index contributed by atoms with van der Waals surface area (Å²) >= 11 is 0. The second kappa shape index (κ2) is 3.65. The van der Waals surface area contributed by atoms with Crippen molar-refractivity contribution in [3.8, 4) is 0 Å². The third-order valence-corrected chi connectivity index (χ3v) is 1.32. The van der Waals surface area contributed by atoms with Crippen LogP contribution < -0.4 is 0 Å². The van der Waals surface area contributed by atoms with E-state index < -0.39 is 11.9 Å². The minimum Gasteiger partial charge on any atom is -0.383 e. The van der Waals surface area contributed by atoms with E-state index >= 15 is 0 Å². The number of carbonyl (C=O) groups excluding carboxylic acids is 2. The molecule has 15 heavy (non-hydrogen) atoms. The van der Waals surface area contributed by atoms with E-state index in [-0.39, 0.29) is 11.4 Å². The van der Waals surface area contributed by atoms with Crippen molar-refractivity contribution in [2.45, 2.75) is 0 Å². The molecule has 0 unspecified atom stereocenters. The Morgan fingerprint density at radius 3 is 1.80 bits per heavy atom. The first-order chi connectivity index (χ1) is 7.27. The second-order valence-electron chi connectivity index (χ2n) is 2.26. The molecule has 0 aromatic carbocycles. The number of hydrogen-bond acceptors (Lipinski definition) is 9. The van der Waals surface area contributed by atoms with Crippen LogP contribution in [0, 0.1) is 0 Å². The highest BCUT2D eigenvalue weighted by molar-refractivity contribution is 6.00. The van der Waals surface area contributed by atoms with Gasteiger partial charge in [-0.15, -0.1) is 10.2 Å². The molecule has 0 aliphatic carbocycles. The molecule has 2 aromatic rings. The molecule has 2 heterocycles. The summed E-state index contributed by atoms with van der Waals surface area (Å²) < 4.78 is 12.9. The molecule has 0 aliphatic rings. The van der Waals surface area contributed by atoms with Crippen LogP contribution >= 0.6 is 0 Å². The summed E-state index contributed by atoms with van der Waals surface area (Å²) in [7, 11) is 0. The molecule has 0 atom stereocenters. The van der Waals surface area contributed by atoms with Gasteiger partial charge in [-0.25, -0.2) is 9.59 Å². The summed E-state index contributed by atoms with van der Waals surface area (Å²) in [6.45, 7) is 0. The molecule has 0 bridgehead atoms. The van der Waals surface area contributed by atoms with Crippen LogP contribution in [0.4, 0.5) is 0 Å². The predicted molar refractivity (Wildman–Crippen MR) is 38.3 cm³/mol. The second-order valence-corrected chi connectivity index (χ2v) is 2.26. The van der Waals surface area contributed by atoms with Crippen LogP contribution in [0.15, 0.2) is 21.6 Å². The molecule has 9 nitrogen and oxygen atoms in total. The maximum Gasteiger partial charge on any atom is 0.370 e. The predicted octanol–water partition coefficient (Wildman–Crippen LogP) is -0.550. The molecule has 0 spiro atoms. The molecular formula is C6H2N4O5. The first-order valence-electron chi connectivity index (χ1n) is 3.58. The molecule has 2 rings (SSSR count). The number of esters is 2. The van der Waals surface area contributed by atoms with E-state index in [2.05, 4.69) is 34.5 Å². The fourth-order valence-electron chi connectivity index (χ4n) is 0.696. The van der Waals surface area contributed by atoms with Gasteiger partial charge >= 0.3 is 11.9 Å². The highest BCUT2D eigenvalue weighted by Gasteiger charge is 2.20. The van der Waals surface area contributed by atoms with E-state index in [0.29, 0.717) is 0 Å². The summed E-state index contributed by atoms with van der Waals surface area (Å²) in [6.07, 6.45) is 1.88. The minimum absolute atomic E-state index is 0.222. The lowest BCUT2D eigenvalue weighted by molar-refractivity contribution is 0.0389. The van der Waals surface area contributed by atoms with Crippen molar-refractivity contribution >= 4 is 11.9 Å². The Morgan fingerprint density at radius 2 is 1.47 bits per heavy atom. The quantitative estimate of drug-likeness (QED) is 0.474. The Kier molecular flexibility index (Phi) is 2.19. The van der Waals surface area contributed by atoms with Crippen molar-refractivity contribution in [3.63, 3.8) is 0 Å². The zero-order valence-electron chi connectivity index (χ0n) is 6.98. The lowest BCUT2D eigenvalue weighted by Gasteiger charge is -1.94. The number of carbonyl (C=O) groups is 2. The monoisotopic (exact) mass is 210 g/mol. The van der Waals surface area contributed by atoms with Gasteiger partial charge in [-0.05, 0) is 0 Å². The maximum atomic E-state index is 11.1. The molecule has 0 amide bonds. The van der Waals surface area contributed by atoms with Gasteiger partial charge in [0.05, 0.1) is 0 Å². The van der Waals surface area contributed by atoms with Crippen molar-refractivity contribution < 1.29 is 23.4 Å². The number of hydrogen-bond donors (Lipinski definition) is 0. The van der Waals surface area contributed by atoms with E-state index in [0.717, 1.165) is 12.5 Å². The van der Waals surface area contributed by atoms with Crippen LogP contribution in [0.1, 0.15) is 21.0 Å². The molecule has 9 heteroatoms. The minimum atomic E-state index is -0.996. The van der Waals surface area contributed by atoms with Gasteiger partial charge in [-0.1, -0.05) is 0 Å². The van der Waals surface area contributed by atoms with E-state index in [9.17, 15) is 9.59 Å². The summed E-state index contributed by atoms with van der Waals surface area (Å²) in [6, 6.07) is 0. The molecule has 0 saturated carbocycles. The standard InChI is InChI=1S/C6H2N4O5/c11-5(3-1-13-9-7-3)15-6(12)4-2-14-10-8-4/h1-2H. The molecule has 76 valence electrons. The molecule has 0 radical (unpaired) electrons. The van der Waals surface area contributed by atoms with E-state index in [1.807, 2.05) is 0 Å². The van der Waals surface area contributed by atoms with Crippen molar-refractivity contribution in [2.24, 2.45) is 0 Å². The van der Waals surface area contributed by atoms with Crippen molar-refractivity contribution in [3.05, 3.63) is 23.9 Å². The molecule has 2 aromatic heterocycles. The Hall–Kier alpha value is -2.58. The van der Waals surface area contributed by atoms with E-state index in [1.165, 1.54) is 0 Å². The third kappa shape index (κ3) is 1.85. The van der Waals surface area contributed by atoms with Crippen molar-refractivity contribution in [1.29, 1.82) is 0 Å². The Labute approximate surface area is 81.0 Å². The van der Waals surface area contributed by atoms with Crippen LogP contribution in [0.5, 0.6) is 0 Å². The highest BCUT2D eigenvalue weighted by Crippen LogP contribution is 2.00. The Bertz CT molecular complexity index is 417. The number of aromatic nitrogens is 4. The van der Waals surface area contributed by atoms with Crippen LogP contribution in [0.25, 0.3) is 0 Å². The number of nitrogens with zero attached hydrogens (tertiary/aromatic N) is 4. The van der Waals surface area contributed by atoms with Gasteiger partial charge in [0.15, 0.2) is 12.5 Å². The van der Waals surface area contributed by atoms with E-state index in [1.54, 1.807) is 0 Å². The maximum absolute atomic E-state index is 11.1. The molecule has 0 saturated heterocycles. The van der Waals surface area contributed by atoms with Crippen LogP contribution in [-0.2, 0) is 4.74 Å². The molecular weight excluding hydrogens is 208 g/mol. The van der Waals surface area contributed by atoms with Gasteiger partial charge in [0.1, 0.15) is 0 Å². The normalized spacial score (nSPS) is 9.87. The average Bonchev–Trinajstić information content (AvgIpc) is 2.91. The Morgan fingerprint density at radius 1 is 1.00 bits per heavy atom. The summed E-state index contributed by atoms with van der Waals surface area (Å²) in [5.74, 6) is -1.99. The topological polar surface area (TPSA) is 121 Å². The number of ether oxygens (including phenoxy) is 1.